The summed E-state index contributed by atoms with van der Waals surface area (Å²) in [6.45, 7) is 2.11. The van der Waals surface area contributed by atoms with Crippen LogP contribution < -0.4 is 19.7 Å². The zero-order valence-electron chi connectivity index (χ0n) is 18.8. The van der Waals surface area contributed by atoms with E-state index in [1.54, 1.807) is 44.2 Å². The summed E-state index contributed by atoms with van der Waals surface area (Å²) >= 11 is 1.60. The summed E-state index contributed by atoms with van der Waals surface area (Å²) in [5, 5.41) is 2.81. The minimum absolute atomic E-state index is 0.0959. The van der Waals surface area contributed by atoms with E-state index in [9.17, 15) is 9.59 Å². The molecule has 6 nitrogen and oxygen atoms in total. The van der Waals surface area contributed by atoms with Gasteiger partial charge in [-0.3, -0.25) is 14.5 Å². The van der Waals surface area contributed by atoms with Crippen molar-refractivity contribution in [1.82, 2.24) is 0 Å². The highest BCUT2D eigenvalue weighted by molar-refractivity contribution is 8.00. The summed E-state index contributed by atoms with van der Waals surface area (Å²) < 4.78 is 10.5. The highest BCUT2D eigenvalue weighted by Crippen LogP contribution is 2.42. The smallest absolute Gasteiger partial charge is 0.255 e. The number of amides is 2. The lowest BCUT2D eigenvalue weighted by atomic mass is 10.1. The number of carbonyl (C=O) groups excluding carboxylic acids is 2. The van der Waals surface area contributed by atoms with Gasteiger partial charge in [0.05, 0.1) is 20.0 Å². The van der Waals surface area contributed by atoms with Crippen LogP contribution in [0.2, 0.25) is 0 Å². The number of benzene rings is 3. The molecule has 0 saturated carbocycles. The molecule has 1 fully saturated rings. The molecule has 1 N–H and O–H groups in total. The van der Waals surface area contributed by atoms with Crippen LogP contribution in [0.25, 0.3) is 0 Å². The van der Waals surface area contributed by atoms with E-state index < -0.39 is 0 Å². The van der Waals surface area contributed by atoms with Crippen molar-refractivity contribution in [1.29, 1.82) is 0 Å². The predicted molar refractivity (Wildman–Crippen MR) is 132 cm³/mol. The normalized spacial score (nSPS) is 15.4. The molecule has 3 aromatic rings. The third-order valence-corrected chi connectivity index (χ3v) is 6.77. The van der Waals surface area contributed by atoms with Gasteiger partial charge < -0.3 is 14.8 Å². The van der Waals surface area contributed by atoms with Crippen molar-refractivity contribution in [3.05, 3.63) is 83.4 Å². The Balaban J connectivity index is 1.50. The van der Waals surface area contributed by atoms with Gasteiger partial charge in [0.2, 0.25) is 5.91 Å². The van der Waals surface area contributed by atoms with Gasteiger partial charge in [-0.2, -0.15) is 0 Å². The maximum Gasteiger partial charge on any atom is 0.255 e. The van der Waals surface area contributed by atoms with Crippen molar-refractivity contribution in [2.24, 2.45) is 0 Å². The second-order valence-electron chi connectivity index (χ2n) is 7.62. The van der Waals surface area contributed by atoms with E-state index >= 15 is 0 Å². The fourth-order valence-electron chi connectivity index (χ4n) is 3.71. The molecule has 0 spiro atoms. The molecular weight excluding hydrogens is 436 g/mol. The molecule has 1 atom stereocenters. The van der Waals surface area contributed by atoms with Crippen molar-refractivity contribution in [3.63, 3.8) is 0 Å². The van der Waals surface area contributed by atoms with E-state index in [1.807, 2.05) is 41.3 Å². The fourth-order valence-corrected chi connectivity index (χ4v) is 4.89. The minimum atomic E-state index is -0.261. The topological polar surface area (TPSA) is 67.9 Å². The van der Waals surface area contributed by atoms with Gasteiger partial charge in [-0.05, 0) is 53.9 Å². The molecule has 33 heavy (non-hydrogen) atoms. The number of rotatable bonds is 7. The number of methoxy groups -OCH3 is 2. The van der Waals surface area contributed by atoms with Gasteiger partial charge in [0.25, 0.3) is 5.91 Å². The van der Waals surface area contributed by atoms with E-state index in [4.69, 9.17) is 9.47 Å². The first kappa shape index (κ1) is 22.7. The first-order chi connectivity index (χ1) is 16.0. The Labute approximate surface area is 197 Å². The molecule has 0 aromatic heterocycles. The van der Waals surface area contributed by atoms with Crippen LogP contribution in [0.4, 0.5) is 11.4 Å². The van der Waals surface area contributed by atoms with Crippen LogP contribution in [0.1, 0.15) is 33.8 Å². The summed E-state index contributed by atoms with van der Waals surface area (Å²) in [5.41, 5.74) is 4.25. The van der Waals surface area contributed by atoms with Gasteiger partial charge in [0.15, 0.2) is 0 Å². The highest BCUT2D eigenvalue weighted by Gasteiger charge is 2.34. The van der Waals surface area contributed by atoms with Gasteiger partial charge in [-0.25, -0.2) is 0 Å². The highest BCUT2D eigenvalue weighted by atomic mass is 32.2. The molecule has 1 aliphatic rings. The van der Waals surface area contributed by atoms with Crippen LogP contribution in [-0.4, -0.2) is 31.8 Å². The Morgan fingerprint density at radius 2 is 1.64 bits per heavy atom. The standard InChI is InChI=1S/C26H26N2O4S/c1-4-17-5-11-21(12-6-17)28-24(29)16-33-26(28)18-7-9-20(10-8-18)27-25(30)19-13-22(31-2)15-23(14-19)32-3/h5-15,26H,4,16H2,1-3H3,(H,27,30). The number of nitrogens with one attached hydrogen (secondary N) is 1. The Bertz CT molecular complexity index is 1120. The first-order valence-electron chi connectivity index (χ1n) is 10.7. The average molecular weight is 463 g/mol. The largest absolute Gasteiger partial charge is 0.497 e. The molecule has 7 heteroatoms. The summed E-state index contributed by atoms with van der Waals surface area (Å²) in [5.74, 6) is 1.37. The molecule has 2 amide bonds. The molecule has 1 heterocycles. The van der Waals surface area contributed by atoms with Crippen LogP contribution in [0.15, 0.2) is 66.7 Å². The molecular formula is C26H26N2O4S. The summed E-state index contributed by atoms with van der Waals surface area (Å²) in [6, 6.07) is 20.8. The number of ether oxygens (including phenoxy) is 2. The molecule has 1 aliphatic heterocycles. The molecule has 1 unspecified atom stereocenters. The van der Waals surface area contributed by atoms with Gasteiger partial charge in [-0.1, -0.05) is 31.2 Å². The second kappa shape index (κ2) is 10.0. The fraction of sp³-hybridized carbons (Fsp3) is 0.231. The Morgan fingerprint density at radius 1 is 1.00 bits per heavy atom. The number of hydrogen-bond acceptors (Lipinski definition) is 5. The predicted octanol–water partition coefficient (Wildman–Crippen LogP) is 5.30. The zero-order valence-corrected chi connectivity index (χ0v) is 19.6. The molecule has 4 rings (SSSR count). The third-order valence-electron chi connectivity index (χ3n) is 5.56. The van der Waals surface area contributed by atoms with Crippen molar-refractivity contribution in [2.45, 2.75) is 18.7 Å². The van der Waals surface area contributed by atoms with Crippen LogP contribution in [-0.2, 0) is 11.2 Å². The van der Waals surface area contributed by atoms with Gasteiger partial charge in [0, 0.05) is 23.0 Å². The average Bonchev–Trinajstić information content (AvgIpc) is 3.25. The van der Waals surface area contributed by atoms with Crippen LogP contribution in [0.5, 0.6) is 11.5 Å². The van der Waals surface area contributed by atoms with Crippen molar-refractivity contribution < 1.29 is 19.1 Å². The van der Waals surface area contributed by atoms with E-state index in [2.05, 4.69) is 24.4 Å². The molecule has 1 saturated heterocycles. The van der Waals surface area contributed by atoms with Gasteiger partial charge in [0.1, 0.15) is 16.9 Å². The number of hydrogen-bond donors (Lipinski definition) is 1. The molecule has 0 radical (unpaired) electrons. The van der Waals surface area contributed by atoms with E-state index in [-0.39, 0.29) is 17.2 Å². The van der Waals surface area contributed by atoms with E-state index in [0.717, 1.165) is 17.7 Å². The number of aryl methyl sites for hydroxylation is 1. The monoisotopic (exact) mass is 462 g/mol. The molecule has 3 aromatic carbocycles. The molecule has 0 aliphatic carbocycles. The Hall–Kier alpha value is -3.45. The number of nitrogens with zero attached hydrogens (tertiary/aromatic N) is 1. The van der Waals surface area contributed by atoms with Crippen LogP contribution in [0, 0.1) is 0 Å². The summed E-state index contributed by atoms with van der Waals surface area (Å²) in [7, 11) is 3.09. The maximum absolute atomic E-state index is 12.7. The second-order valence-corrected chi connectivity index (χ2v) is 8.69. The minimum Gasteiger partial charge on any atom is -0.497 e. The maximum atomic E-state index is 12.7. The SMILES string of the molecule is CCc1ccc(N2C(=O)CSC2c2ccc(NC(=O)c3cc(OC)cc(OC)c3)cc2)cc1. The summed E-state index contributed by atoms with van der Waals surface area (Å²) in [4.78, 5) is 27.2. The first-order valence-corrected chi connectivity index (χ1v) is 11.7. The van der Waals surface area contributed by atoms with Crippen molar-refractivity contribution in [2.75, 3.05) is 30.2 Å². The summed E-state index contributed by atoms with van der Waals surface area (Å²) in [6.07, 6.45) is 0.960. The quantitative estimate of drug-likeness (QED) is 0.516. The third kappa shape index (κ3) is 4.98. The lowest BCUT2D eigenvalue weighted by Crippen LogP contribution is -2.27. The van der Waals surface area contributed by atoms with Gasteiger partial charge in [-0.15, -0.1) is 11.8 Å². The zero-order chi connectivity index (χ0) is 23.4. The lowest BCUT2D eigenvalue weighted by molar-refractivity contribution is -0.115. The number of carbonyl (C=O) groups is 2. The number of thioether (sulfide) groups is 1. The molecule has 170 valence electrons. The van der Waals surface area contributed by atoms with Crippen molar-refractivity contribution in [3.8, 4) is 11.5 Å². The van der Waals surface area contributed by atoms with E-state index in [1.165, 1.54) is 5.56 Å². The van der Waals surface area contributed by atoms with E-state index in [0.29, 0.717) is 28.5 Å². The van der Waals surface area contributed by atoms with Gasteiger partial charge >= 0.3 is 0 Å². The number of anilines is 2. The van der Waals surface area contributed by atoms with Crippen LogP contribution in [0.3, 0.4) is 0 Å². The Morgan fingerprint density at radius 3 is 2.21 bits per heavy atom. The molecule has 0 bridgehead atoms. The van der Waals surface area contributed by atoms with Crippen molar-refractivity contribution >= 4 is 35.0 Å². The Kier molecular flexibility index (Phi) is 6.89. The van der Waals surface area contributed by atoms with Crippen LogP contribution >= 0.6 is 11.8 Å². The lowest BCUT2D eigenvalue weighted by Gasteiger charge is -2.24.